The normalized spacial score (nSPS) is 10.7. The van der Waals surface area contributed by atoms with Gasteiger partial charge in [0.2, 0.25) is 0 Å². The van der Waals surface area contributed by atoms with Crippen LogP contribution in [0, 0.1) is 13.8 Å². The predicted molar refractivity (Wildman–Crippen MR) is 98.6 cm³/mol. The molecule has 1 heterocycles. The topological polar surface area (TPSA) is 44.1 Å². The third kappa shape index (κ3) is 3.70. The summed E-state index contributed by atoms with van der Waals surface area (Å²) >= 11 is 12.2. The monoisotopic (exact) mass is 374 g/mol. The van der Waals surface area contributed by atoms with Gasteiger partial charge < -0.3 is 4.74 Å². The van der Waals surface area contributed by atoms with Crippen molar-refractivity contribution in [2.45, 2.75) is 20.5 Å². The van der Waals surface area contributed by atoms with Crippen molar-refractivity contribution in [2.24, 2.45) is 0 Å². The lowest BCUT2D eigenvalue weighted by Gasteiger charge is -2.08. The molecule has 0 saturated heterocycles. The summed E-state index contributed by atoms with van der Waals surface area (Å²) in [5.41, 5.74) is 3.68. The van der Waals surface area contributed by atoms with Crippen LogP contribution >= 0.6 is 23.2 Å². The molecule has 3 aromatic rings. The van der Waals surface area contributed by atoms with Gasteiger partial charge in [0.05, 0.1) is 27.7 Å². The van der Waals surface area contributed by atoms with Crippen molar-refractivity contribution in [2.75, 3.05) is 0 Å². The Labute approximate surface area is 155 Å². The van der Waals surface area contributed by atoms with Crippen molar-refractivity contribution in [3.63, 3.8) is 0 Å². The Morgan fingerprint density at radius 2 is 1.76 bits per heavy atom. The van der Waals surface area contributed by atoms with Gasteiger partial charge >= 0.3 is 5.97 Å². The van der Waals surface area contributed by atoms with E-state index < -0.39 is 5.97 Å². The minimum Gasteiger partial charge on any atom is -0.457 e. The summed E-state index contributed by atoms with van der Waals surface area (Å²) < 4.78 is 7.07. The van der Waals surface area contributed by atoms with E-state index in [0.29, 0.717) is 15.6 Å². The molecule has 0 saturated carbocycles. The molecule has 0 spiro atoms. The van der Waals surface area contributed by atoms with Crippen molar-refractivity contribution in [1.29, 1.82) is 0 Å². The number of benzene rings is 2. The van der Waals surface area contributed by atoms with Crippen molar-refractivity contribution in [1.82, 2.24) is 9.78 Å². The summed E-state index contributed by atoms with van der Waals surface area (Å²) in [4.78, 5) is 12.2. The average Bonchev–Trinajstić information content (AvgIpc) is 2.88. The molecule has 0 unspecified atom stereocenters. The molecule has 0 fully saturated rings. The Bertz CT molecular complexity index is 918. The fourth-order valence-corrected chi connectivity index (χ4v) is 2.76. The van der Waals surface area contributed by atoms with Crippen molar-refractivity contribution in [3.8, 4) is 5.69 Å². The highest BCUT2D eigenvalue weighted by molar-refractivity contribution is 6.32. The van der Waals surface area contributed by atoms with E-state index in [0.717, 1.165) is 22.6 Å². The lowest BCUT2D eigenvalue weighted by molar-refractivity contribution is 0.0473. The highest BCUT2D eigenvalue weighted by atomic mass is 35.5. The first kappa shape index (κ1) is 17.5. The maximum atomic E-state index is 12.2. The number of rotatable bonds is 4. The smallest absolute Gasteiger partial charge is 0.338 e. The number of hydrogen-bond acceptors (Lipinski definition) is 3. The summed E-state index contributed by atoms with van der Waals surface area (Å²) in [6.45, 7) is 3.88. The molecular formula is C19H16Cl2N2O2. The zero-order chi connectivity index (χ0) is 18.0. The number of esters is 1. The SMILES string of the molecule is Cc1nn(-c2ccc(C(=O)OCc3ccccc3Cl)cc2)c(C)c1Cl. The number of nitrogens with zero attached hydrogens (tertiary/aromatic N) is 2. The van der Waals surface area contributed by atoms with E-state index in [-0.39, 0.29) is 6.61 Å². The number of ether oxygens (including phenoxy) is 1. The number of carbonyl (C=O) groups excluding carboxylic acids is 1. The Balaban J connectivity index is 1.72. The van der Waals surface area contributed by atoms with Crippen LogP contribution in [-0.2, 0) is 11.3 Å². The van der Waals surface area contributed by atoms with Gasteiger partial charge in [0, 0.05) is 10.6 Å². The summed E-state index contributed by atoms with van der Waals surface area (Å²) in [5, 5.41) is 5.61. The van der Waals surface area contributed by atoms with Gasteiger partial charge in [-0.3, -0.25) is 0 Å². The molecule has 0 N–H and O–H groups in total. The molecule has 1 aromatic heterocycles. The molecule has 2 aromatic carbocycles. The van der Waals surface area contributed by atoms with E-state index in [2.05, 4.69) is 5.10 Å². The van der Waals surface area contributed by atoms with E-state index in [1.54, 1.807) is 22.9 Å². The molecule has 4 nitrogen and oxygen atoms in total. The van der Waals surface area contributed by atoms with Crippen LogP contribution in [0.3, 0.4) is 0 Å². The molecule has 0 radical (unpaired) electrons. The summed E-state index contributed by atoms with van der Waals surface area (Å²) in [6.07, 6.45) is 0. The molecule has 0 aliphatic carbocycles. The second-order valence-corrected chi connectivity index (χ2v) is 6.40. The maximum Gasteiger partial charge on any atom is 0.338 e. The van der Waals surface area contributed by atoms with Gasteiger partial charge in [-0.15, -0.1) is 0 Å². The van der Waals surface area contributed by atoms with Crippen LogP contribution in [0.1, 0.15) is 27.3 Å². The number of carbonyl (C=O) groups is 1. The van der Waals surface area contributed by atoms with Crippen LogP contribution in [0.4, 0.5) is 0 Å². The molecule has 3 rings (SSSR count). The van der Waals surface area contributed by atoms with Crippen LogP contribution in [0.2, 0.25) is 10.0 Å². The first-order valence-corrected chi connectivity index (χ1v) is 8.45. The molecule has 0 aliphatic rings. The Hall–Kier alpha value is -2.30. The Morgan fingerprint density at radius 1 is 1.08 bits per heavy atom. The van der Waals surface area contributed by atoms with Gasteiger partial charge in [-0.05, 0) is 44.2 Å². The van der Waals surface area contributed by atoms with E-state index in [9.17, 15) is 4.79 Å². The maximum absolute atomic E-state index is 12.2. The molecule has 0 aliphatic heterocycles. The van der Waals surface area contributed by atoms with E-state index in [1.807, 2.05) is 44.2 Å². The number of aromatic nitrogens is 2. The van der Waals surface area contributed by atoms with Crippen LogP contribution < -0.4 is 0 Å². The van der Waals surface area contributed by atoms with Crippen LogP contribution in [0.5, 0.6) is 0 Å². The van der Waals surface area contributed by atoms with E-state index in [4.69, 9.17) is 27.9 Å². The third-order valence-electron chi connectivity index (χ3n) is 3.87. The van der Waals surface area contributed by atoms with Gasteiger partial charge in [0.25, 0.3) is 0 Å². The minimum atomic E-state index is -0.405. The standard InChI is InChI=1S/C19H16Cl2N2O2/c1-12-18(21)13(2)23(22-12)16-9-7-14(8-10-16)19(24)25-11-15-5-3-4-6-17(15)20/h3-10H,11H2,1-2H3. The molecular weight excluding hydrogens is 359 g/mol. The third-order valence-corrected chi connectivity index (χ3v) is 4.78. The van der Waals surface area contributed by atoms with Crippen LogP contribution in [0.25, 0.3) is 5.69 Å². The Morgan fingerprint density at radius 3 is 2.36 bits per heavy atom. The molecule has 0 amide bonds. The van der Waals surface area contributed by atoms with Gasteiger partial charge in [-0.25, -0.2) is 9.48 Å². The summed E-state index contributed by atoms with van der Waals surface area (Å²) in [6, 6.07) is 14.3. The van der Waals surface area contributed by atoms with Gasteiger partial charge in [0.15, 0.2) is 0 Å². The van der Waals surface area contributed by atoms with Crippen molar-refractivity contribution >= 4 is 29.2 Å². The summed E-state index contributed by atoms with van der Waals surface area (Å²) in [7, 11) is 0. The second kappa shape index (κ2) is 7.30. The molecule has 6 heteroatoms. The molecule has 0 atom stereocenters. The number of hydrogen-bond donors (Lipinski definition) is 0. The van der Waals surface area contributed by atoms with Crippen LogP contribution in [0.15, 0.2) is 48.5 Å². The first-order valence-electron chi connectivity index (χ1n) is 7.70. The quantitative estimate of drug-likeness (QED) is 0.592. The number of aryl methyl sites for hydroxylation is 1. The van der Waals surface area contributed by atoms with Crippen molar-refractivity contribution in [3.05, 3.63) is 81.1 Å². The zero-order valence-electron chi connectivity index (χ0n) is 13.8. The highest BCUT2D eigenvalue weighted by Gasteiger charge is 2.12. The summed E-state index contributed by atoms with van der Waals surface area (Å²) in [5.74, 6) is -0.405. The molecule has 25 heavy (non-hydrogen) atoms. The minimum absolute atomic E-state index is 0.132. The van der Waals surface area contributed by atoms with E-state index in [1.165, 1.54) is 0 Å². The molecule has 0 bridgehead atoms. The molecule has 128 valence electrons. The van der Waals surface area contributed by atoms with Gasteiger partial charge in [0.1, 0.15) is 6.61 Å². The lowest BCUT2D eigenvalue weighted by Crippen LogP contribution is -2.06. The first-order chi connectivity index (χ1) is 12.0. The van der Waals surface area contributed by atoms with E-state index >= 15 is 0 Å². The zero-order valence-corrected chi connectivity index (χ0v) is 15.3. The van der Waals surface area contributed by atoms with Gasteiger partial charge in [-0.1, -0.05) is 41.4 Å². The average molecular weight is 375 g/mol. The van der Waals surface area contributed by atoms with Gasteiger partial charge in [-0.2, -0.15) is 5.10 Å². The van der Waals surface area contributed by atoms with Crippen molar-refractivity contribution < 1.29 is 9.53 Å². The largest absolute Gasteiger partial charge is 0.457 e. The van der Waals surface area contributed by atoms with Crippen LogP contribution in [-0.4, -0.2) is 15.7 Å². The number of halogens is 2. The Kier molecular flexibility index (Phi) is 5.11. The highest BCUT2D eigenvalue weighted by Crippen LogP contribution is 2.23. The second-order valence-electron chi connectivity index (χ2n) is 5.61. The predicted octanol–water partition coefficient (Wildman–Crippen LogP) is 5.15. The fourth-order valence-electron chi connectivity index (χ4n) is 2.46. The lowest BCUT2D eigenvalue weighted by atomic mass is 10.2. The fraction of sp³-hybridized carbons (Fsp3) is 0.158.